The molecule has 15 rings (SSSR count). The first-order valence-electron chi connectivity index (χ1n) is 29.4. The summed E-state index contributed by atoms with van der Waals surface area (Å²) in [5.41, 5.74) is 25.7. The smallest absolute Gasteiger partial charge is 0.0467 e. The van der Waals surface area contributed by atoms with Gasteiger partial charge in [-0.05, 0) is 208 Å². The lowest BCUT2D eigenvalue weighted by Crippen LogP contribution is -2.17. The van der Waals surface area contributed by atoms with Gasteiger partial charge in [0.15, 0.2) is 0 Å². The molecular weight excluding hydrogens is 1020 g/mol. The zero-order valence-electron chi connectivity index (χ0n) is 47.6. The minimum absolute atomic E-state index is 0.328. The summed E-state index contributed by atoms with van der Waals surface area (Å²) >= 11 is 0. The predicted octanol–water partition coefficient (Wildman–Crippen LogP) is 23.2. The molecule has 0 saturated carbocycles. The van der Waals surface area contributed by atoms with Gasteiger partial charge in [-0.1, -0.05) is 244 Å². The third kappa shape index (κ3) is 9.74. The molecule has 0 N–H and O–H groups in total. The van der Waals surface area contributed by atoms with Crippen LogP contribution >= 0.6 is 0 Å². The standard InChI is InChI=1S/C83H60N2/c1-83(2)81-55-77(84(75-31-15-29-69(53-75)57-17-5-3-6-18-57)73-41-37-61(38-42-73)65-25-13-27-67(49-65)71-35-33-59-21-9-11-23-63(59)51-71)45-47-79(81)80-48-46-78(56-82(80)83)85(76-32-16-30-70(54-76)58-19-7-4-8-20-58)74-43-39-62(40-44-74)66-26-14-28-68(50-66)72-36-34-60-22-10-12-24-64(60)52-72/h3-56H,1-2H3. The second kappa shape index (κ2) is 21.5. The molecule has 85 heavy (non-hydrogen) atoms. The van der Waals surface area contributed by atoms with Gasteiger partial charge in [0, 0.05) is 39.5 Å². The average Bonchev–Trinajstić information content (AvgIpc) is 1.76. The third-order valence-electron chi connectivity index (χ3n) is 17.4. The summed E-state index contributed by atoms with van der Waals surface area (Å²) in [7, 11) is 0. The predicted molar refractivity (Wildman–Crippen MR) is 361 cm³/mol. The number of nitrogens with zero attached hydrogens (tertiary/aromatic N) is 2. The molecule has 0 aliphatic heterocycles. The van der Waals surface area contributed by atoms with Crippen molar-refractivity contribution >= 4 is 55.7 Å². The van der Waals surface area contributed by atoms with Crippen molar-refractivity contribution in [3.8, 4) is 77.9 Å². The quantitative estimate of drug-likeness (QED) is 0.120. The van der Waals surface area contributed by atoms with Crippen molar-refractivity contribution in [1.82, 2.24) is 0 Å². The molecular formula is C83H60N2. The molecule has 402 valence electrons. The van der Waals surface area contributed by atoms with Crippen LogP contribution in [0.5, 0.6) is 0 Å². The zero-order valence-corrected chi connectivity index (χ0v) is 47.6. The second-order valence-corrected chi connectivity index (χ2v) is 23.0. The molecule has 0 aromatic heterocycles. The normalized spacial score (nSPS) is 12.2. The summed E-state index contributed by atoms with van der Waals surface area (Å²) in [4.78, 5) is 4.86. The number of fused-ring (bicyclic) bond motifs is 5. The summed E-state index contributed by atoms with van der Waals surface area (Å²) in [5, 5.41) is 4.99. The van der Waals surface area contributed by atoms with Crippen LogP contribution < -0.4 is 9.80 Å². The number of rotatable bonds is 12. The lowest BCUT2D eigenvalue weighted by Gasteiger charge is -2.29. The van der Waals surface area contributed by atoms with Crippen LogP contribution in [0.1, 0.15) is 25.0 Å². The van der Waals surface area contributed by atoms with Gasteiger partial charge in [0.1, 0.15) is 0 Å². The van der Waals surface area contributed by atoms with Gasteiger partial charge >= 0.3 is 0 Å². The number of anilines is 6. The lowest BCUT2D eigenvalue weighted by molar-refractivity contribution is 0.660. The largest absolute Gasteiger partial charge is 0.310 e. The Bertz CT molecular complexity index is 4480. The molecule has 14 aromatic carbocycles. The maximum Gasteiger partial charge on any atom is 0.0467 e. The fraction of sp³-hybridized carbons (Fsp3) is 0.0361. The second-order valence-electron chi connectivity index (χ2n) is 23.0. The van der Waals surface area contributed by atoms with Crippen LogP contribution in [0, 0.1) is 0 Å². The summed E-state index contributed by atoms with van der Waals surface area (Å²) in [6, 6.07) is 120. The Kier molecular flexibility index (Phi) is 12.9. The van der Waals surface area contributed by atoms with Gasteiger partial charge in [-0.15, -0.1) is 0 Å². The van der Waals surface area contributed by atoms with Crippen molar-refractivity contribution in [2.45, 2.75) is 19.3 Å². The van der Waals surface area contributed by atoms with Gasteiger partial charge < -0.3 is 9.80 Å². The van der Waals surface area contributed by atoms with Gasteiger partial charge in [-0.25, -0.2) is 0 Å². The molecule has 0 amide bonds. The maximum atomic E-state index is 2.44. The summed E-state index contributed by atoms with van der Waals surface area (Å²) < 4.78 is 0. The Balaban J connectivity index is 0.788. The number of hydrogen-bond donors (Lipinski definition) is 0. The van der Waals surface area contributed by atoms with E-state index >= 15 is 0 Å². The van der Waals surface area contributed by atoms with Crippen LogP contribution in [-0.2, 0) is 5.41 Å². The van der Waals surface area contributed by atoms with Crippen LogP contribution in [-0.4, -0.2) is 0 Å². The zero-order chi connectivity index (χ0) is 56.8. The highest BCUT2D eigenvalue weighted by Crippen LogP contribution is 2.53. The summed E-state index contributed by atoms with van der Waals surface area (Å²) in [5.74, 6) is 0. The highest BCUT2D eigenvalue weighted by atomic mass is 15.1. The van der Waals surface area contributed by atoms with Gasteiger partial charge in [-0.2, -0.15) is 0 Å². The van der Waals surface area contributed by atoms with Gasteiger partial charge in [0.05, 0.1) is 0 Å². The monoisotopic (exact) mass is 1080 g/mol. The highest BCUT2D eigenvalue weighted by Gasteiger charge is 2.37. The van der Waals surface area contributed by atoms with Crippen LogP contribution in [0.25, 0.3) is 99.4 Å². The molecule has 0 unspecified atom stereocenters. The van der Waals surface area contributed by atoms with Crippen molar-refractivity contribution in [2.75, 3.05) is 9.80 Å². The fourth-order valence-electron chi connectivity index (χ4n) is 12.9. The summed E-state index contributed by atoms with van der Waals surface area (Å²) in [6.45, 7) is 4.79. The Labute approximate surface area is 498 Å². The minimum Gasteiger partial charge on any atom is -0.310 e. The molecule has 2 nitrogen and oxygen atoms in total. The van der Waals surface area contributed by atoms with Crippen molar-refractivity contribution in [2.24, 2.45) is 0 Å². The van der Waals surface area contributed by atoms with E-state index in [-0.39, 0.29) is 5.41 Å². The lowest BCUT2D eigenvalue weighted by atomic mass is 9.82. The molecule has 1 aliphatic carbocycles. The van der Waals surface area contributed by atoms with Crippen LogP contribution in [0.2, 0.25) is 0 Å². The Morgan fingerprint density at radius 3 is 0.882 bits per heavy atom. The molecule has 0 radical (unpaired) electrons. The van der Waals surface area contributed by atoms with Gasteiger partial charge in [0.25, 0.3) is 0 Å². The molecule has 0 bridgehead atoms. The van der Waals surface area contributed by atoms with E-state index in [4.69, 9.17) is 0 Å². The van der Waals surface area contributed by atoms with Crippen LogP contribution in [0.15, 0.2) is 328 Å². The first-order valence-corrected chi connectivity index (χ1v) is 29.4. The molecule has 0 atom stereocenters. The topological polar surface area (TPSA) is 6.48 Å². The molecule has 2 heteroatoms. The minimum atomic E-state index is -0.328. The van der Waals surface area contributed by atoms with Crippen molar-refractivity contribution in [3.63, 3.8) is 0 Å². The van der Waals surface area contributed by atoms with Crippen LogP contribution in [0.4, 0.5) is 34.1 Å². The highest BCUT2D eigenvalue weighted by molar-refractivity contribution is 5.92. The maximum absolute atomic E-state index is 2.44. The Morgan fingerprint density at radius 2 is 0.471 bits per heavy atom. The molecule has 0 saturated heterocycles. The fourth-order valence-corrected chi connectivity index (χ4v) is 12.9. The molecule has 14 aromatic rings. The third-order valence-corrected chi connectivity index (χ3v) is 17.4. The molecule has 0 spiro atoms. The van der Waals surface area contributed by atoms with Crippen molar-refractivity contribution < 1.29 is 0 Å². The SMILES string of the molecule is CC1(C)c2cc(N(c3ccc(-c4cccc(-c5ccc6ccccc6c5)c4)cc3)c3cccc(-c4ccccc4)c3)ccc2-c2ccc(N(c3ccc(-c4cccc(-c5ccc6ccccc6c5)c4)cc3)c3cccc(-c4ccccc4)c3)cc21. The van der Waals surface area contributed by atoms with Gasteiger partial charge in [0.2, 0.25) is 0 Å². The van der Waals surface area contributed by atoms with E-state index in [0.717, 1.165) is 34.1 Å². The van der Waals surface area contributed by atoms with E-state index in [2.05, 4.69) is 351 Å². The average molecular weight is 1090 g/mol. The molecule has 1 aliphatic rings. The molecule has 0 heterocycles. The Hall–Kier alpha value is -10.8. The van der Waals surface area contributed by atoms with E-state index in [1.165, 1.54) is 111 Å². The van der Waals surface area contributed by atoms with E-state index in [1.807, 2.05) is 0 Å². The van der Waals surface area contributed by atoms with E-state index in [1.54, 1.807) is 0 Å². The van der Waals surface area contributed by atoms with E-state index < -0.39 is 0 Å². The number of benzene rings is 14. The van der Waals surface area contributed by atoms with Crippen molar-refractivity contribution in [3.05, 3.63) is 339 Å². The Morgan fingerprint density at radius 1 is 0.188 bits per heavy atom. The van der Waals surface area contributed by atoms with E-state index in [9.17, 15) is 0 Å². The first-order chi connectivity index (χ1) is 41.8. The first kappa shape index (κ1) is 51.1. The number of hydrogen-bond acceptors (Lipinski definition) is 2. The van der Waals surface area contributed by atoms with Crippen LogP contribution in [0.3, 0.4) is 0 Å². The summed E-state index contributed by atoms with van der Waals surface area (Å²) in [6.07, 6.45) is 0. The van der Waals surface area contributed by atoms with E-state index in [0.29, 0.717) is 0 Å². The van der Waals surface area contributed by atoms with Crippen molar-refractivity contribution in [1.29, 1.82) is 0 Å². The molecule has 0 fully saturated rings. The van der Waals surface area contributed by atoms with Gasteiger partial charge in [-0.3, -0.25) is 0 Å².